The normalized spacial score (nSPS) is 13.4. The lowest BCUT2D eigenvalue weighted by Crippen LogP contribution is -2.24. The number of aryl methyl sites for hydroxylation is 2. The van der Waals surface area contributed by atoms with E-state index in [1.54, 1.807) is 141 Å². The summed E-state index contributed by atoms with van der Waals surface area (Å²) in [6.45, 7) is 15.8. The number of fused-ring (bicyclic) bond motifs is 8. The summed E-state index contributed by atoms with van der Waals surface area (Å²) in [5, 5.41) is 4.16. The summed E-state index contributed by atoms with van der Waals surface area (Å²) in [6, 6.07) is 142. The number of alkyl halides is 12. The number of rotatable bonds is 11. The predicted molar refractivity (Wildman–Crippen MR) is 596 cm³/mol. The van der Waals surface area contributed by atoms with E-state index in [0.29, 0.717) is 56.3 Å². The molecular weight excluding hydrogens is 2080 g/mol. The summed E-state index contributed by atoms with van der Waals surface area (Å²) in [5.74, 6) is 0.637. The fourth-order valence-corrected chi connectivity index (χ4v) is 35.4. The number of halogens is 12. The van der Waals surface area contributed by atoms with Crippen LogP contribution in [0.25, 0.3) is 25.1 Å². The maximum Gasteiger partial charge on any atom is 0.586 e. The van der Waals surface area contributed by atoms with Crippen LogP contribution in [-0.4, -0.2) is 32.1 Å². The largest absolute Gasteiger partial charge is 0.586 e. The summed E-state index contributed by atoms with van der Waals surface area (Å²) < 4.78 is 193. The van der Waals surface area contributed by atoms with Crippen molar-refractivity contribution >= 4 is 129 Å². The molecule has 0 bridgehead atoms. The molecule has 3 aliphatic rings. The van der Waals surface area contributed by atoms with Crippen molar-refractivity contribution < 1.29 is 65.8 Å². The van der Waals surface area contributed by atoms with Gasteiger partial charge in [0.15, 0.2) is 120 Å². The molecule has 0 aliphatic carbocycles. The molecule has 3 aliphatic heterocycles. The Balaban J connectivity index is 0.000000125. The number of benzene rings is 18. The minimum absolute atomic E-state index is 0.0204. The van der Waals surface area contributed by atoms with E-state index in [0.717, 1.165) is 47.5 Å². The van der Waals surface area contributed by atoms with Crippen LogP contribution in [0.2, 0.25) is 0 Å². The van der Waals surface area contributed by atoms with Gasteiger partial charge in [0.25, 0.3) is 0 Å². The summed E-state index contributed by atoms with van der Waals surface area (Å²) in [6.07, 6.45) is -4.47. The lowest BCUT2D eigenvalue weighted by molar-refractivity contribution is -0.137. The van der Waals surface area contributed by atoms with Crippen molar-refractivity contribution in [1.29, 1.82) is 0 Å². The van der Waals surface area contributed by atoms with E-state index >= 15 is 0 Å². The predicted octanol–water partition coefficient (Wildman–Crippen LogP) is 36.1. The summed E-state index contributed by atoms with van der Waals surface area (Å²) in [7, 11) is -8.66. The van der Waals surface area contributed by atoms with Gasteiger partial charge in [0.2, 0.25) is 15.3 Å². The van der Waals surface area contributed by atoms with Gasteiger partial charge in [-0.1, -0.05) is 290 Å². The zero-order valence-corrected chi connectivity index (χ0v) is 90.1. The molecule has 22 rings (SSSR count). The topological polar surface area (TPSA) is 72.5 Å². The van der Waals surface area contributed by atoms with Gasteiger partial charge in [-0.3, -0.25) is 4.79 Å². The van der Waals surface area contributed by atoms with Crippen molar-refractivity contribution in [3.05, 3.63) is 499 Å². The summed E-state index contributed by atoms with van der Waals surface area (Å²) in [5.41, 5.74) is -8.23. The minimum atomic E-state index is -4.47. The summed E-state index contributed by atoms with van der Waals surface area (Å²) in [4.78, 5) is 30.5. The molecular formula is C124H104F12NO4S9+7. The Bertz CT molecular complexity index is 7630. The monoisotopic (exact) mass is 2190 g/mol. The Morgan fingerprint density at radius 1 is 0.287 bits per heavy atom. The highest BCUT2D eigenvalue weighted by Crippen LogP contribution is 2.53. The zero-order chi connectivity index (χ0) is 106. The van der Waals surface area contributed by atoms with Gasteiger partial charge in [0.05, 0.1) is 44.6 Å². The average Bonchev–Trinajstić information content (AvgIpc) is 0.724. The first-order chi connectivity index (χ1) is 71.8. The molecule has 2 unspecified atom stereocenters. The Labute approximate surface area is 891 Å². The number of hydrogen-bond donors (Lipinski definition) is 1. The molecule has 150 heavy (non-hydrogen) atoms. The van der Waals surface area contributed by atoms with Crippen LogP contribution in [-0.2, 0) is 92.2 Å². The highest BCUT2D eigenvalue weighted by Gasteiger charge is 2.58. The molecule has 19 aromatic rings. The van der Waals surface area contributed by atoms with E-state index < -0.39 is 81.3 Å². The van der Waals surface area contributed by atoms with Crippen LogP contribution in [0, 0.1) is 13.8 Å². The molecule has 0 fully saturated rings. The SMILES string of the molecule is CC(C)(C)c1ccc([S+](c2ccc(C(C)(C)C)cc2)C(F)(F)F)cc1.COc1c(C)cc([S+](c2ccccc2)C(F)(F)F)cc1C.FC(F)(F)[S+](c1ccccc1)c1ccccc1.O=S1(=O)c2ccccc2[S+](c2ccccc2)c2ccccc21.O=c1c2ccccc2[s+](-c2ccccc2)c2ccc(C(F)(F)F)cc12.c1ccc([S+]2c3ccccc3Nc3ccccc32)cc1.c1ccc([S+]2c3ccccc3Sc3ccccc32)cc1. The number of nitrogens with one attached hydrogen (secondary N) is 1. The van der Waals surface area contributed by atoms with Crippen LogP contribution in [0.4, 0.5) is 64.1 Å². The fraction of sp³-hybridized carbons (Fsp3) is 0.121. The third kappa shape index (κ3) is 25.7. The molecule has 0 amide bonds. The van der Waals surface area contributed by atoms with Gasteiger partial charge in [0.1, 0.15) is 48.2 Å². The molecule has 5 nitrogen and oxygen atoms in total. The van der Waals surface area contributed by atoms with Gasteiger partial charge in [-0.15, -0.1) is 39.5 Å². The molecule has 0 saturated carbocycles. The zero-order valence-electron chi connectivity index (χ0n) is 82.7. The Morgan fingerprint density at radius 2 is 0.573 bits per heavy atom. The summed E-state index contributed by atoms with van der Waals surface area (Å²) >= 11 is 1.89. The van der Waals surface area contributed by atoms with Crippen LogP contribution in [0.15, 0.2) is 559 Å². The van der Waals surface area contributed by atoms with Crippen LogP contribution >= 0.6 is 22.2 Å². The van der Waals surface area contributed by atoms with Crippen LogP contribution in [0.5, 0.6) is 5.75 Å². The van der Waals surface area contributed by atoms with E-state index in [9.17, 15) is 65.9 Å². The van der Waals surface area contributed by atoms with Crippen molar-refractivity contribution in [1.82, 2.24) is 0 Å². The quantitative estimate of drug-likeness (QED) is 0.0790. The number of ether oxygens (including phenoxy) is 1. The molecule has 4 heterocycles. The lowest BCUT2D eigenvalue weighted by atomic mass is 9.87. The number of sulfone groups is 1. The molecule has 0 spiro atoms. The number of hydrogen-bond acceptors (Lipinski definition) is 6. The number of para-hydroxylation sites is 2. The van der Waals surface area contributed by atoms with Crippen molar-refractivity contribution in [2.24, 2.45) is 0 Å². The van der Waals surface area contributed by atoms with Crippen LogP contribution in [0.1, 0.15) is 69.4 Å². The van der Waals surface area contributed by atoms with Gasteiger partial charge < -0.3 is 10.1 Å². The van der Waals surface area contributed by atoms with E-state index in [2.05, 4.69) is 217 Å². The highest BCUT2D eigenvalue weighted by atomic mass is 32.2. The Hall–Kier alpha value is -13.0. The van der Waals surface area contributed by atoms with E-state index in [1.165, 1.54) is 100 Å². The van der Waals surface area contributed by atoms with Crippen molar-refractivity contribution in [3.8, 4) is 10.6 Å². The third-order valence-corrected chi connectivity index (χ3v) is 42.7. The molecule has 0 saturated heterocycles. The average molecular weight is 2190 g/mol. The van der Waals surface area contributed by atoms with E-state index in [4.69, 9.17) is 4.74 Å². The second-order valence-corrected chi connectivity index (χ2v) is 53.2. The van der Waals surface area contributed by atoms with Gasteiger partial charge in [-0.25, -0.2) is 8.42 Å². The van der Waals surface area contributed by atoms with Crippen LogP contribution in [0.3, 0.4) is 0 Å². The second kappa shape index (κ2) is 47.7. The standard InChI is InChI=1S/C21H26F3S.C20H12F3OS.C18H14NS.C18H13O2S2.C18H13S2.C16H16F3OS.C13H10F3S/c1-19(2,3)15-7-11-17(12-8-15)25(21(22,23)24)18-13-9-16(10-14-18)20(4,5)6;21-20(22,23)13-10-11-18-16(12-13)19(24)15-8-4-5-9-17(15)25(18)14-6-2-1-3-7-14;1-2-8-14(9-3-1)20-17-12-6-4-10-15(17)19-16-11-5-7-13-18(16)20;19-22(20)17-12-6-4-10-15(17)21(14-8-2-1-3-9-14)16-11-5-7-13-18(16)22;1-2-8-14(9-3-1)20-17-12-6-4-10-15(17)19-16-11-5-7-13-18(16)20;1-11-9-14(10-12(2)15(11)20-3)21(16(17,18)19)13-7-5-4-6-8-13;14-13(15,16)17(11-7-3-1-4-8-11)12-9-5-2-6-10-12/h7-14H,1-6H3;1-12H;1-13,19H;1-13H;1-13H;4-10H,1-3H3;1-10H/q7*+1. The molecule has 26 heteroatoms. The fourth-order valence-electron chi connectivity index (χ4n) is 17.1. The molecule has 0 radical (unpaired) electrons. The maximum absolute atomic E-state index is 13.8. The maximum atomic E-state index is 13.8. The van der Waals surface area contributed by atoms with Gasteiger partial charge in [-0.2, -0.15) is 13.2 Å². The van der Waals surface area contributed by atoms with Gasteiger partial charge in [0, 0.05) is 22.6 Å². The molecule has 1 aromatic heterocycles. The molecule has 18 aromatic carbocycles. The number of methoxy groups -OCH3 is 1. The first-order valence-corrected chi connectivity index (χ1v) is 58.3. The first kappa shape index (κ1) is 110. The molecule has 2 atom stereocenters. The number of anilines is 2. The van der Waals surface area contributed by atoms with E-state index in [1.807, 2.05) is 121 Å². The van der Waals surface area contributed by atoms with Gasteiger partial charge in [-0.05, 0) is 259 Å². The third-order valence-electron chi connectivity index (χ3n) is 24.0. The van der Waals surface area contributed by atoms with Crippen molar-refractivity contribution in [2.75, 3.05) is 12.4 Å². The van der Waals surface area contributed by atoms with Gasteiger partial charge >= 0.3 is 22.7 Å². The smallest absolute Gasteiger partial charge is 0.496 e. The minimum Gasteiger partial charge on any atom is -0.496 e. The molecule has 1 N–H and O–H groups in total. The Morgan fingerprint density at radius 3 is 0.940 bits per heavy atom. The first-order valence-electron chi connectivity index (χ1n) is 47.5. The molecule has 760 valence electrons. The van der Waals surface area contributed by atoms with Crippen molar-refractivity contribution in [2.45, 2.75) is 182 Å². The van der Waals surface area contributed by atoms with E-state index in [-0.39, 0.29) is 64.1 Å². The lowest BCUT2D eigenvalue weighted by Gasteiger charge is -2.20. The second-order valence-electron chi connectivity index (χ2n) is 36.4. The Kier molecular flexibility index (Phi) is 34.9. The van der Waals surface area contributed by atoms with Crippen molar-refractivity contribution in [3.63, 3.8) is 0 Å². The van der Waals surface area contributed by atoms with Crippen LogP contribution < -0.4 is 15.5 Å². The highest BCUT2D eigenvalue weighted by molar-refractivity contribution is 8.04.